The third-order valence-electron chi connectivity index (χ3n) is 4.66. The van der Waals surface area contributed by atoms with Crippen molar-refractivity contribution in [2.45, 2.75) is 38.6 Å². The number of aryl methyl sites for hydroxylation is 1. The molecular weight excluding hydrogens is 238 g/mol. The third kappa shape index (κ3) is 3.18. The monoisotopic (exact) mass is 263 g/mol. The Bertz CT molecular complexity index is 427. The second kappa shape index (κ2) is 5.25. The van der Waals surface area contributed by atoms with E-state index in [1.54, 1.807) is 0 Å². The van der Waals surface area contributed by atoms with Crippen molar-refractivity contribution < 1.29 is 5.11 Å². The molecule has 0 radical (unpaired) electrons. The minimum absolute atomic E-state index is 0.168. The van der Waals surface area contributed by atoms with E-state index in [1.807, 2.05) is 17.9 Å². The van der Waals surface area contributed by atoms with Crippen molar-refractivity contribution in [1.29, 1.82) is 0 Å². The first-order valence-electron chi connectivity index (χ1n) is 7.50. The Labute approximate surface area is 115 Å². The molecule has 0 aromatic carbocycles. The highest BCUT2D eigenvalue weighted by Gasteiger charge is 2.39. The van der Waals surface area contributed by atoms with Crippen molar-refractivity contribution in [3.63, 3.8) is 0 Å². The molecule has 19 heavy (non-hydrogen) atoms. The number of aliphatic hydroxyl groups is 1. The van der Waals surface area contributed by atoms with Crippen LogP contribution in [-0.4, -0.2) is 39.5 Å². The van der Waals surface area contributed by atoms with Gasteiger partial charge in [-0.15, -0.1) is 0 Å². The Balaban J connectivity index is 1.62. The number of nitrogens with zero attached hydrogens (tertiary/aromatic N) is 3. The second-order valence-corrected chi connectivity index (χ2v) is 6.64. The molecule has 0 amide bonds. The molecule has 1 aliphatic heterocycles. The first-order valence-corrected chi connectivity index (χ1v) is 7.50. The van der Waals surface area contributed by atoms with E-state index in [9.17, 15) is 5.11 Å². The molecule has 1 aromatic heterocycles. The molecule has 3 rings (SSSR count). The highest BCUT2D eigenvalue weighted by Crippen LogP contribution is 2.44. The maximum absolute atomic E-state index is 9.86. The van der Waals surface area contributed by atoms with Crippen molar-refractivity contribution in [2.75, 3.05) is 19.7 Å². The normalized spacial score (nSPS) is 28.7. The molecule has 106 valence electrons. The van der Waals surface area contributed by atoms with Crippen LogP contribution in [0.2, 0.25) is 0 Å². The standard InChI is InChI=1S/C15H25N3O/c1-17-9-14(8-16-17)10-18-6-2-5-15(11-18,12-19)7-13-3-4-13/h8-9,13,19H,2-7,10-12H2,1H3. The molecular formula is C15H25N3O. The largest absolute Gasteiger partial charge is 0.396 e. The molecule has 2 fully saturated rings. The fourth-order valence-electron chi connectivity index (χ4n) is 3.55. The van der Waals surface area contributed by atoms with Gasteiger partial charge in [-0.2, -0.15) is 5.10 Å². The first-order chi connectivity index (χ1) is 9.19. The highest BCUT2D eigenvalue weighted by atomic mass is 16.3. The van der Waals surface area contributed by atoms with Crippen LogP contribution in [0, 0.1) is 11.3 Å². The van der Waals surface area contributed by atoms with Crippen LogP contribution in [0.4, 0.5) is 0 Å². The van der Waals surface area contributed by atoms with E-state index < -0.39 is 0 Å². The van der Waals surface area contributed by atoms with Crippen LogP contribution in [0.3, 0.4) is 0 Å². The Hall–Kier alpha value is -0.870. The van der Waals surface area contributed by atoms with Gasteiger partial charge < -0.3 is 5.11 Å². The van der Waals surface area contributed by atoms with Gasteiger partial charge in [-0.25, -0.2) is 0 Å². The van der Waals surface area contributed by atoms with Crippen molar-refractivity contribution in [3.8, 4) is 0 Å². The highest BCUT2D eigenvalue weighted by molar-refractivity contribution is 5.04. The second-order valence-electron chi connectivity index (χ2n) is 6.64. The van der Waals surface area contributed by atoms with Crippen LogP contribution in [-0.2, 0) is 13.6 Å². The average Bonchev–Trinajstić information content (AvgIpc) is 3.11. The van der Waals surface area contributed by atoms with Gasteiger partial charge in [0.05, 0.1) is 6.20 Å². The van der Waals surface area contributed by atoms with Crippen LogP contribution in [0.15, 0.2) is 12.4 Å². The molecule has 4 heteroatoms. The summed E-state index contributed by atoms with van der Waals surface area (Å²) in [5.41, 5.74) is 1.45. The van der Waals surface area contributed by atoms with Crippen LogP contribution in [0.1, 0.15) is 37.7 Å². The molecule has 1 saturated heterocycles. The fraction of sp³-hybridized carbons (Fsp3) is 0.800. The summed E-state index contributed by atoms with van der Waals surface area (Å²) >= 11 is 0. The molecule has 0 bridgehead atoms. The van der Waals surface area contributed by atoms with Crippen molar-refractivity contribution in [3.05, 3.63) is 18.0 Å². The van der Waals surface area contributed by atoms with E-state index >= 15 is 0 Å². The maximum atomic E-state index is 9.86. The summed E-state index contributed by atoms with van der Waals surface area (Å²) in [7, 11) is 1.96. The Morgan fingerprint density at radius 2 is 2.32 bits per heavy atom. The summed E-state index contributed by atoms with van der Waals surface area (Å²) in [6.07, 6.45) is 10.4. The number of piperidine rings is 1. The SMILES string of the molecule is Cn1cc(CN2CCCC(CO)(CC3CC3)C2)cn1. The molecule has 1 atom stereocenters. The van der Waals surface area contributed by atoms with E-state index in [4.69, 9.17) is 0 Å². The summed E-state index contributed by atoms with van der Waals surface area (Å²) in [6.45, 7) is 3.53. The van der Waals surface area contributed by atoms with Gasteiger partial charge >= 0.3 is 0 Å². The lowest BCUT2D eigenvalue weighted by molar-refractivity contribution is 0.0180. The van der Waals surface area contributed by atoms with E-state index in [2.05, 4.69) is 16.2 Å². The van der Waals surface area contributed by atoms with Crippen molar-refractivity contribution >= 4 is 0 Å². The average molecular weight is 263 g/mol. The summed E-state index contributed by atoms with van der Waals surface area (Å²) in [5, 5.41) is 14.1. The lowest BCUT2D eigenvalue weighted by Gasteiger charge is -2.42. The topological polar surface area (TPSA) is 41.3 Å². The summed E-state index contributed by atoms with van der Waals surface area (Å²) in [4.78, 5) is 2.50. The van der Waals surface area contributed by atoms with E-state index in [-0.39, 0.29) is 5.41 Å². The number of rotatable bonds is 5. The van der Waals surface area contributed by atoms with Gasteiger partial charge in [0.1, 0.15) is 0 Å². The number of hydrogen-bond acceptors (Lipinski definition) is 3. The van der Waals surface area contributed by atoms with Gasteiger partial charge in [-0.1, -0.05) is 12.8 Å². The van der Waals surface area contributed by atoms with E-state index in [0.717, 1.165) is 25.6 Å². The lowest BCUT2D eigenvalue weighted by Crippen LogP contribution is -2.45. The van der Waals surface area contributed by atoms with Gasteiger partial charge in [-0.3, -0.25) is 9.58 Å². The zero-order valence-corrected chi connectivity index (χ0v) is 11.9. The number of hydrogen-bond donors (Lipinski definition) is 1. The third-order valence-corrected chi connectivity index (χ3v) is 4.66. The molecule has 1 aliphatic carbocycles. The Kier molecular flexibility index (Phi) is 3.63. The van der Waals surface area contributed by atoms with Crippen LogP contribution in [0.25, 0.3) is 0 Å². The summed E-state index contributed by atoms with van der Waals surface area (Å²) < 4.78 is 1.86. The van der Waals surface area contributed by atoms with Gasteiger partial charge in [0.15, 0.2) is 0 Å². The van der Waals surface area contributed by atoms with Gasteiger partial charge in [0, 0.05) is 43.9 Å². The minimum Gasteiger partial charge on any atom is -0.396 e. The zero-order valence-electron chi connectivity index (χ0n) is 11.9. The van der Waals surface area contributed by atoms with E-state index in [0.29, 0.717) is 6.61 Å². The summed E-state index contributed by atoms with van der Waals surface area (Å²) in [6, 6.07) is 0. The molecule has 1 aromatic rings. The van der Waals surface area contributed by atoms with E-state index in [1.165, 1.54) is 37.7 Å². The van der Waals surface area contributed by atoms with Gasteiger partial charge in [-0.05, 0) is 31.7 Å². The summed E-state index contributed by atoms with van der Waals surface area (Å²) in [5.74, 6) is 0.894. The smallest absolute Gasteiger partial charge is 0.0534 e. The molecule has 4 nitrogen and oxygen atoms in total. The molecule has 1 unspecified atom stereocenters. The molecule has 0 spiro atoms. The molecule has 2 heterocycles. The quantitative estimate of drug-likeness (QED) is 0.880. The predicted octanol–water partition coefficient (Wildman–Crippen LogP) is 1.79. The fourth-order valence-corrected chi connectivity index (χ4v) is 3.55. The van der Waals surface area contributed by atoms with Crippen molar-refractivity contribution in [1.82, 2.24) is 14.7 Å². The lowest BCUT2D eigenvalue weighted by atomic mass is 9.76. The Morgan fingerprint density at radius 1 is 1.47 bits per heavy atom. The number of likely N-dealkylation sites (tertiary alicyclic amines) is 1. The first kappa shape index (κ1) is 13.1. The van der Waals surface area contributed by atoms with Crippen molar-refractivity contribution in [2.24, 2.45) is 18.4 Å². The Morgan fingerprint density at radius 3 is 2.95 bits per heavy atom. The minimum atomic E-state index is 0.168. The molecule has 1 saturated carbocycles. The van der Waals surface area contributed by atoms with Crippen LogP contribution < -0.4 is 0 Å². The molecule has 2 aliphatic rings. The zero-order chi connectivity index (χ0) is 13.3. The number of aromatic nitrogens is 2. The number of aliphatic hydroxyl groups excluding tert-OH is 1. The van der Waals surface area contributed by atoms with Gasteiger partial charge in [0.2, 0.25) is 0 Å². The predicted molar refractivity (Wildman–Crippen MR) is 74.6 cm³/mol. The van der Waals surface area contributed by atoms with Gasteiger partial charge in [0.25, 0.3) is 0 Å². The molecule has 1 N–H and O–H groups in total. The van der Waals surface area contributed by atoms with Crippen LogP contribution >= 0.6 is 0 Å². The van der Waals surface area contributed by atoms with Crippen LogP contribution in [0.5, 0.6) is 0 Å². The maximum Gasteiger partial charge on any atom is 0.0534 e.